The fraction of sp³-hybridized carbons (Fsp3) is 0.310. The number of aliphatic hydroxyl groups is 1. The summed E-state index contributed by atoms with van der Waals surface area (Å²) < 4.78 is 18.5. The number of hydrogen-bond donors (Lipinski definition) is 2. The van der Waals surface area contributed by atoms with Crippen molar-refractivity contribution in [3.63, 3.8) is 0 Å². The Hall–Kier alpha value is -5.13. The first-order valence-corrected chi connectivity index (χ1v) is 17.5. The third-order valence-electron chi connectivity index (χ3n) is 9.64. The van der Waals surface area contributed by atoms with Crippen LogP contribution in [0.2, 0.25) is 0 Å². The number of imide groups is 1. The Morgan fingerprint density at radius 3 is 2.35 bits per heavy atom. The maximum atomic E-state index is 13.3. The van der Waals surface area contributed by atoms with E-state index in [1.807, 2.05) is 116 Å². The molecule has 10 nitrogen and oxygen atoms in total. The van der Waals surface area contributed by atoms with Crippen molar-refractivity contribution in [2.24, 2.45) is 5.92 Å². The summed E-state index contributed by atoms with van der Waals surface area (Å²) in [6.45, 7) is 7.54. The maximum Gasteiger partial charge on any atom is 0.408 e. The SMILES string of the molecule is C=CCN(C)CC1OC(c2ccc(-c3ccccc3CN3C(=O)CC(NC(=O)OCc4ccccc4)C3=O)cc2)OC(c2ccc(CO)cc2)C1C. The molecule has 4 aromatic carbocycles. The molecule has 0 aliphatic carbocycles. The van der Waals surface area contributed by atoms with Gasteiger partial charge in [0.15, 0.2) is 6.29 Å². The molecule has 5 atom stereocenters. The Labute approximate surface area is 304 Å². The fourth-order valence-corrected chi connectivity index (χ4v) is 6.73. The summed E-state index contributed by atoms with van der Waals surface area (Å²) in [7, 11) is 2.04. The number of hydrogen-bond acceptors (Lipinski definition) is 8. The molecule has 0 spiro atoms. The van der Waals surface area contributed by atoms with Gasteiger partial charge in [-0.05, 0) is 40.4 Å². The molecule has 10 heteroatoms. The average Bonchev–Trinajstić information content (AvgIpc) is 3.42. The van der Waals surface area contributed by atoms with Crippen LogP contribution in [0.25, 0.3) is 11.1 Å². The number of nitrogens with one attached hydrogen (secondary N) is 1. The van der Waals surface area contributed by atoms with Gasteiger partial charge in [-0.1, -0.05) is 116 Å². The van der Waals surface area contributed by atoms with Gasteiger partial charge < -0.3 is 29.5 Å². The number of amides is 3. The smallest absolute Gasteiger partial charge is 0.408 e. The molecule has 2 aliphatic heterocycles. The number of rotatable bonds is 13. The summed E-state index contributed by atoms with van der Waals surface area (Å²) in [6.07, 6.45) is 0.0258. The van der Waals surface area contributed by atoms with Gasteiger partial charge in [-0.25, -0.2) is 4.79 Å². The number of carbonyl (C=O) groups is 3. The van der Waals surface area contributed by atoms with Crippen LogP contribution in [-0.2, 0) is 43.6 Å². The van der Waals surface area contributed by atoms with Gasteiger partial charge in [0.25, 0.3) is 5.91 Å². The lowest BCUT2D eigenvalue weighted by Gasteiger charge is -2.42. The van der Waals surface area contributed by atoms with Crippen molar-refractivity contribution in [1.82, 2.24) is 15.1 Å². The molecule has 2 saturated heterocycles. The van der Waals surface area contributed by atoms with Crippen LogP contribution in [0.15, 0.2) is 116 Å². The number of ether oxygens (including phenoxy) is 3. The molecule has 4 aromatic rings. The van der Waals surface area contributed by atoms with E-state index in [4.69, 9.17) is 14.2 Å². The minimum atomic E-state index is -0.989. The van der Waals surface area contributed by atoms with Crippen LogP contribution in [0.1, 0.15) is 53.6 Å². The van der Waals surface area contributed by atoms with Crippen LogP contribution >= 0.6 is 0 Å². The highest BCUT2D eigenvalue weighted by molar-refractivity contribution is 6.06. The van der Waals surface area contributed by atoms with Crippen molar-refractivity contribution in [3.8, 4) is 11.1 Å². The highest BCUT2D eigenvalue weighted by Crippen LogP contribution is 2.42. The van der Waals surface area contributed by atoms with Crippen LogP contribution in [0.5, 0.6) is 0 Å². The zero-order valence-corrected chi connectivity index (χ0v) is 29.5. The number of alkyl carbamates (subject to hydrolysis) is 1. The molecule has 2 aliphatic rings. The van der Waals surface area contributed by atoms with Crippen molar-refractivity contribution < 1.29 is 33.7 Å². The quantitative estimate of drug-likeness (QED) is 0.123. The average molecular weight is 704 g/mol. The minimum Gasteiger partial charge on any atom is -0.445 e. The lowest BCUT2D eigenvalue weighted by atomic mass is 9.90. The first-order chi connectivity index (χ1) is 25.2. The lowest BCUT2D eigenvalue weighted by Crippen LogP contribution is -2.43. The molecule has 6 rings (SSSR count). The number of aliphatic hydroxyl groups excluding tert-OH is 1. The Balaban J connectivity index is 1.15. The fourth-order valence-electron chi connectivity index (χ4n) is 6.73. The largest absolute Gasteiger partial charge is 0.445 e. The number of likely N-dealkylation sites (N-methyl/N-ethyl adjacent to an activating group) is 1. The van der Waals surface area contributed by atoms with Crippen molar-refractivity contribution >= 4 is 17.9 Å². The summed E-state index contributed by atoms with van der Waals surface area (Å²) >= 11 is 0. The Morgan fingerprint density at radius 1 is 0.942 bits per heavy atom. The van der Waals surface area contributed by atoms with Gasteiger partial charge in [0, 0.05) is 24.6 Å². The molecule has 2 heterocycles. The van der Waals surface area contributed by atoms with E-state index in [1.165, 1.54) is 4.90 Å². The third-order valence-corrected chi connectivity index (χ3v) is 9.64. The van der Waals surface area contributed by atoms with Gasteiger partial charge in [-0.15, -0.1) is 6.58 Å². The topological polar surface area (TPSA) is 118 Å². The van der Waals surface area contributed by atoms with E-state index in [0.717, 1.165) is 45.5 Å². The Kier molecular flexibility index (Phi) is 11.9. The third kappa shape index (κ3) is 8.66. The lowest BCUT2D eigenvalue weighted by molar-refractivity contribution is -0.275. The van der Waals surface area contributed by atoms with E-state index in [1.54, 1.807) is 0 Å². The number of nitrogens with zero attached hydrogens (tertiary/aromatic N) is 2. The summed E-state index contributed by atoms with van der Waals surface area (Å²) in [5, 5.41) is 12.1. The zero-order valence-electron chi connectivity index (χ0n) is 29.5. The first-order valence-electron chi connectivity index (χ1n) is 17.5. The summed E-state index contributed by atoms with van der Waals surface area (Å²) in [5.41, 5.74) is 6.11. The number of likely N-dealkylation sites (tertiary alicyclic amines) is 1. The molecule has 270 valence electrons. The van der Waals surface area contributed by atoms with Crippen LogP contribution in [0.3, 0.4) is 0 Å². The van der Waals surface area contributed by atoms with Crippen LogP contribution < -0.4 is 5.32 Å². The van der Waals surface area contributed by atoms with E-state index in [0.29, 0.717) is 6.54 Å². The monoisotopic (exact) mass is 703 g/mol. The normalized spacial score (nSPS) is 21.7. The molecule has 0 aromatic heterocycles. The second-order valence-corrected chi connectivity index (χ2v) is 13.4. The van der Waals surface area contributed by atoms with Crippen molar-refractivity contribution in [2.45, 2.75) is 57.6 Å². The van der Waals surface area contributed by atoms with Crippen molar-refractivity contribution in [2.75, 3.05) is 20.1 Å². The van der Waals surface area contributed by atoms with E-state index in [2.05, 4.69) is 23.7 Å². The van der Waals surface area contributed by atoms with E-state index < -0.39 is 24.3 Å². The predicted octanol–water partition coefficient (Wildman–Crippen LogP) is 6.31. The molecular formula is C42H45N3O7. The molecule has 0 radical (unpaired) electrons. The molecule has 0 saturated carbocycles. The van der Waals surface area contributed by atoms with E-state index in [-0.39, 0.29) is 50.2 Å². The maximum absolute atomic E-state index is 13.3. The molecule has 2 fully saturated rings. The van der Waals surface area contributed by atoms with Crippen molar-refractivity contribution in [3.05, 3.63) is 144 Å². The Bertz CT molecular complexity index is 1850. The van der Waals surface area contributed by atoms with Gasteiger partial charge in [0.2, 0.25) is 5.91 Å². The molecule has 52 heavy (non-hydrogen) atoms. The summed E-state index contributed by atoms with van der Waals surface area (Å²) in [5.74, 6) is -0.778. The Morgan fingerprint density at radius 2 is 1.63 bits per heavy atom. The zero-order chi connectivity index (χ0) is 36.6. The standard InChI is InChI=1S/C42H45N3O7/c1-4-22-44(3)25-37-28(2)39(32-16-14-29(26-46)15-17-32)52-41(51-37)33-20-18-31(19-21-33)35-13-9-8-12-34(35)24-45-38(47)23-36(40(45)48)43-42(49)50-27-30-10-6-5-7-11-30/h4-21,28,36-37,39,41,46H,1,22-27H2,2-3H3,(H,43,49). The van der Waals surface area contributed by atoms with Gasteiger partial charge >= 0.3 is 6.09 Å². The highest BCUT2D eigenvalue weighted by atomic mass is 16.7. The van der Waals surface area contributed by atoms with Crippen molar-refractivity contribution in [1.29, 1.82) is 0 Å². The van der Waals surface area contributed by atoms with Gasteiger partial charge in [0.05, 0.1) is 31.8 Å². The van der Waals surface area contributed by atoms with Crippen LogP contribution in [0.4, 0.5) is 4.79 Å². The van der Waals surface area contributed by atoms with Gasteiger partial charge in [0.1, 0.15) is 12.6 Å². The molecular weight excluding hydrogens is 658 g/mol. The molecule has 2 N–H and O–H groups in total. The first kappa shape index (κ1) is 36.7. The highest BCUT2D eigenvalue weighted by Gasteiger charge is 2.41. The minimum absolute atomic E-state index is 0.0219. The van der Waals surface area contributed by atoms with Gasteiger partial charge in [-0.2, -0.15) is 0 Å². The number of benzene rings is 4. The molecule has 3 amide bonds. The number of carbonyl (C=O) groups excluding carboxylic acids is 3. The van der Waals surface area contributed by atoms with Crippen LogP contribution in [0, 0.1) is 5.92 Å². The van der Waals surface area contributed by atoms with E-state index in [9.17, 15) is 19.5 Å². The molecule has 5 unspecified atom stereocenters. The second-order valence-electron chi connectivity index (χ2n) is 13.4. The summed E-state index contributed by atoms with van der Waals surface area (Å²) in [6, 6.07) is 31.7. The van der Waals surface area contributed by atoms with Crippen LogP contribution in [-0.4, -0.2) is 65.1 Å². The predicted molar refractivity (Wildman–Crippen MR) is 196 cm³/mol. The molecule has 0 bridgehead atoms. The summed E-state index contributed by atoms with van der Waals surface area (Å²) in [4.78, 5) is 42.1. The van der Waals surface area contributed by atoms with E-state index >= 15 is 0 Å². The van der Waals surface area contributed by atoms with Gasteiger partial charge in [-0.3, -0.25) is 14.5 Å². The second kappa shape index (κ2) is 16.9.